The van der Waals surface area contributed by atoms with Crippen molar-refractivity contribution in [2.24, 2.45) is 0 Å². The largest absolute Gasteiger partial charge is 0.423 e. The van der Waals surface area contributed by atoms with Crippen LogP contribution in [0.15, 0.2) is 22.6 Å². The second-order valence-corrected chi connectivity index (χ2v) is 4.01. The van der Waals surface area contributed by atoms with Gasteiger partial charge < -0.3 is 15.1 Å². The third kappa shape index (κ3) is 2.85. The van der Waals surface area contributed by atoms with E-state index in [4.69, 9.17) is 10.2 Å². The second-order valence-electron chi connectivity index (χ2n) is 4.01. The van der Waals surface area contributed by atoms with Crippen molar-refractivity contribution in [2.75, 3.05) is 24.2 Å². The van der Waals surface area contributed by atoms with Crippen LogP contribution in [0.1, 0.15) is 6.42 Å². The van der Waals surface area contributed by atoms with Gasteiger partial charge in [0.2, 0.25) is 0 Å². The number of nitrogens with two attached hydrogens (primary N) is 1. The summed E-state index contributed by atoms with van der Waals surface area (Å²) in [6.45, 7) is -0.203. The fourth-order valence-electron chi connectivity index (χ4n) is 1.48. The lowest BCUT2D eigenvalue weighted by atomic mass is 10.3. The highest BCUT2D eigenvalue weighted by Gasteiger charge is 2.27. The summed E-state index contributed by atoms with van der Waals surface area (Å²) < 4.78 is 41.6. The summed E-state index contributed by atoms with van der Waals surface area (Å²) in [6, 6.07) is 5.06. The van der Waals surface area contributed by atoms with Gasteiger partial charge in [0.1, 0.15) is 5.52 Å². The molecule has 2 N–H and O–H groups in total. The molecular formula is C11H12F3N3O. The number of halogens is 3. The Morgan fingerprint density at radius 1 is 1.39 bits per heavy atom. The van der Waals surface area contributed by atoms with Crippen LogP contribution in [0.5, 0.6) is 0 Å². The van der Waals surface area contributed by atoms with E-state index in [-0.39, 0.29) is 12.6 Å². The molecule has 7 heteroatoms. The first kappa shape index (κ1) is 12.5. The van der Waals surface area contributed by atoms with Gasteiger partial charge in [0.25, 0.3) is 6.01 Å². The van der Waals surface area contributed by atoms with Crippen LogP contribution in [0, 0.1) is 0 Å². The number of oxazole rings is 1. The van der Waals surface area contributed by atoms with Gasteiger partial charge in [0, 0.05) is 25.3 Å². The van der Waals surface area contributed by atoms with Crippen LogP contribution >= 0.6 is 0 Å². The van der Waals surface area contributed by atoms with Crippen molar-refractivity contribution in [1.29, 1.82) is 0 Å². The summed E-state index contributed by atoms with van der Waals surface area (Å²) in [5.41, 5.74) is 7.12. The van der Waals surface area contributed by atoms with Crippen LogP contribution in [0.2, 0.25) is 0 Å². The number of fused-ring (bicyclic) bond motifs is 1. The van der Waals surface area contributed by atoms with E-state index in [2.05, 4.69) is 4.98 Å². The highest BCUT2D eigenvalue weighted by molar-refractivity contribution is 5.78. The normalized spacial score (nSPS) is 12.0. The summed E-state index contributed by atoms with van der Waals surface area (Å²) in [7, 11) is 1.50. The van der Waals surface area contributed by atoms with Crippen LogP contribution in [-0.4, -0.2) is 24.8 Å². The van der Waals surface area contributed by atoms with Crippen LogP contribution in [-0.2, 0) is 0 Å². The van der Waals surface area contributed by atoms with E-state index >= 15 is 0 Å². The molecule has 1 aromatic carbocycles. The number of nitrogens with zero attached hydrogens (tertiary/aromatic N) is 2. The standard InChI is InChI=1S/C11H12F3N3O/c1-17(5-4-11(12,13)14)10-16-8-3-2-7(15)6-9(8)18-10/h2-3,6H,4-5,15H2,1H3. The lowest BCUT2D eigenvalue weighted by Gasteiger charge is -2.15. The van der Waals surface area contributed by atoms with E-state index in [1.165, 1.54) is 11.9 Å². The maximum atomic E-state index is 12.1. The molecule has 0 saturated heterocycles. The average Bonchev–Trinajstić information content (AvgIpc) is 2.67. The van der Waals surface area contributed by atoms with Gasteiger partial charge in [0.15, 0.2) is 5.58 Å². The molecule has 2 aromatic rings. The van der Waals surface area contributed by atoms with Gasteiger partial charge in [-0.3, -0.25) is 0 Å². The first-order chi connectivity index (χ1) is 8.35. The molecule has 0 spiro atoms. The molecule has 98 valence electrons. The number of benzene rings is 1. The van der Waals surface area contributed by atoms with Crippen molar-refractivity contribution in [3.63, 3.8) is 0 Å². The fourth-order valence-corrected chi connectivity index (χ4v) is 1.48. The Kier molecular flexibility index (Phi) is 3.06. The van der Waals surface area contributed by atoms with E-state index < -0.39 is 12.6 Å². The van der Waals surface area contributed by atoms with Gasteiger partial charge in [-0.15, -0.1) is 0 Å². The Bertz CT molecular complexity index is 550. The summed E-state index contributed by atoms with van der Waals surface area (Å²) in [4.78, 5) is 5.41. The Hall–Kier alpha value is -1.92. The predicted octanol–water partition coefficient (Wildman–Crippen LogP) is 2.80. The fraction of sp³-hybridized carbons (Fsp3) is 0.364. The number of rotatable bonds is 3. The molecule has 0 aliphatic rings. The summed E-state index contributed by atoms with van der Waals surface area (Å²) >= 11 is 0. The van der Waals surface area contributed by atoms with Gasteiger partial charge in [-0.25, -0.2) is 0 Å². The molecule has 1 heterocycles. The highest BCUT2D eigenvalue weighted by atomic mass is 19.4. The van der Waals surface area contributed by atoms with E-state index in [1.54, 1.807) is 18.2 Å². The van der Waals surface area contributed by atoms with Crippen LogP contribution in [0.4, 0.5) is 24.9 Å². The number of anilines is 2. The molecular weight excluding hydrogens is 247 g/mol. The Morgan fingerprint density at radius 3 is 2.78 bits per heavy atom. The van der Waals surface area contributed by atoms with Crippen molar-refractivity contribution in [3.05, 3.63) is 18.2 Å². The average molecular weight is 259 g/mol. The third-order valence-corrected chi connectivity index (χ3v) is 2.46. The zero-order chi connectivity index (χ0) is 13.3. The Morgan fingerprint density at radius 2 is 2.11 bits per heavy atom. The van der Waals surface area contributed by atoms with E-state index in [0.29, 0.717) is 16.8 Å². The zero-order valence-electron chi connectivity index (χ0n) is 9.66. The third-order valence-electron chi connectivity index (χ3n) is 2.46. The van der Waals surface area contributed by atoms with Crippen molar-refractivity contribution >= 4 is 22.8 Å². The minimum Gasteiger partial charge on any atom is -0.423 e. The first-order valence-corrected chi connectivity index (χ1v) is 5.29. The predicted molar refractivity (Wildman–Crippen MR) is 62.4 cm³/mol. The van der Waals surface area contributed by atoms with Crippen molar-refractivity contribution in [1.82, 2.24) is 4.98 Å². The summed E-state index contributed by atoms with van der Waals surface area (Å²) in [5.74, 6) is 0. The molecule has 4 nitrogen and oxygen atoms in total. The van der Waals surface area contributed by atoms with Crippen molar-refractivity contribution in [3.8, 4) is 0 Å². The molecule has 0 radical (unpaired) electrons. The minimum absolute atomic E-state index is 0.153. The van der Waals surface area contributed by atoms with Gasteiger partial charge in [-0.1, -0.05) is 0 Å². The number of hydrogen-bond donors (Lipinski definition) is 1. The maximum Gasteiger partial charge on any atom is 0.390 e. The molecule has 0 fully saturated rings. The molecule has 0 amide bonds. The first-order valence-electron chi connectivity index (χ1n) is 5.29. The van der Waals surface area contributed by atoms with Crippen LogP contribution < -0.4 is 10.6 Å². The van der Waals surface area contributed by atoms with E-state index in [0.717, 1.165) is 0 Å². The summed E-state index contributed by atoms with van der Waals surface area (Å²) in [5, 5.41) is 0. The smallest absolute Gasteiger partial charge is 0.390 e. The molecule has 0 bridgehead atoms. The molecule has 0 saturated carbocycles. The minimum atomic E-state index is -4.19. The molecule has 0 unspecified atom stereocenters. The van der Waals surface area contributed by atoms with E-state index in [9.17, 15) is 13.2 Å². The second kappa shape index (κ2) is 4.40. The highest BCUT2D eigenvalue weighted by Crippen LogP contribution is 2.25. The molecule has 0 atom stereocenters. The maximum absolute atomic E-state index is 12.1. The molecule has 0 aliphatic carbocycles. The van der Waals surface area contributed by atoms with Crippen molar-refractivity contribution in [2.45, 2.75) is 12.6 Å². The van der Waals surface area contributed by atoms with E-state index in [1.807, 2.05) is 0 Å². The molecule has 2 rings (SSSR count). The Balaban J connectivity index is 2.15. The lowest BCUT2D eigenvalue weighted by molar-refractivity contribution is -0.132. The molecule has 1 aromatic heterocycles. The Labute approximate surface area is 101 Å². The topological polar surface area (TPSA) is 55.3 Å². The number of nitrogen functional groups attached to an aromatic ring is 1. The SMILES string of the molecule is CN(CCC(F)(F)F)c1nc2ccc(N)cc2o1. The molecule has 0 aliphatic heterocycles. The van der Waals surface area contributed by atoms with Gasteiger partial charge in [-0.05, 0) is 12.1 Å². The lowest BCUT2D eigenvalue weighted by Crippen LogP contribution is -2.24. The monoisotopic (exact) mass is 259 g/mol. The summed E-state index contributed by atoms with van der Waals surface area (Å²) in [6.07, 6.45) is -5.10. The zero-order valence-corrected chi connectivity index (χ0v) is 9.66. The van der Waals surface area contributed by atoms with Gasteiger partial charge in [-0.2, -0.15) is 18.2 Å². The quantitative estimate of drug-likeness (QED) is 0.861. The van der Waals surface area contributed by atoms with Gasteiger partial charge in [0.05, 0.1) is 6.42 Å². The number of aromatic nitrogens is 1. The molecule has 18 heavy (non-hydrogen) atoms. The van der Waals surface area contributed by atoms with Crippen molar-refractivity contribution < 1.29 is 17.6 Å². The number of alkyl halides is 3. The number of hydrogen-bond acceptors (Lipinski definition) is 4. The van der Waals surface area contributed by atoms with Gasteiger partial charge >= 0.3 is 6.18 Å². The van der Waals surface area contributed by atoms with Crippen LogP contribution in [0.25, 0.3) is 11.1 Å². The van der Waals surface area contributed by atoms with Crippen LogP contribution in [0.3, 0.4) is 0 Å².